The van der Waals surface area contributed by atoms with Crippen LogP contribution in [0.1, 0.15) is 16.8 Å². The number of rotatable bonds is 2. The van der Waals surface area contributed by atoms with E-state index in [2.05, 4.69) is 9.97 Å². The van der Waals surface area contributed by atoms with Gasteiger partial charge in [-0.25, -0.2) is 9.37 Å². The number of hydrogen-bond donors (Lipinski definition) is 2. The number of imidazole rings is 1. The van der Waals surface area contributed by atoms with Crippen molar-refractivity contribution in [2.75, 3.05) is 19.6 Å². The van der Waals surface area contributed by atoms with Gasteiger partial charge in [0, 0.05) is 13.1 Å². The van der Waals surface area contributed by atoms with E-state index in [0.717, 1.165) is 6.42 Å². The molecule has 1 amide bonds. The third kappa shape index (κ3) is 2.08. The maximum absolute atomic E-state index is 13.5. The summed E-state index contributed by atoms with van der Waals surface area (Å²) in [5, 5.41) is 0. The first-order chi connectivity index (χ1) is 9.19. The molecule has 0 radical (unpaired) electrons. The Morgan fingerprint density at radius 2 is 2.42 bits per heavy atom. The molecule has 0 bridgehead atoms. The van der Waals surface area contributed by atoms with Crippen LogP contribution in [0.15, 0.2) is 18.5 Å². The van der Waals surface area contributed by atoms with E-state index in [9.17, 15) is 9.18 Å². The number of H-pyrrole nitrogens is 1. The number of amides is 1. The topological polar surface area (TPSA) is 75.0 Å². The van der Waals surface area contributed by atoms with E-state index >= 15 is 0 Å². The van der Waals surface area contributed by atoms with Crippen LogP contribution in [0.25, 0.3) is 11.0 Å². The van der Waals surface area contributed by atoms with Gasteiger partial charge < -0.3 is 15.6 Å². The molecular formula is C13H15FN4O. The predicted molar refractivity (Wildman–Crippen MR) is 69.1 cm³/mol. The minimum atomic E-state index is -0.435. The Hall–Kier alpha value is -1.95. The molecule has 1 atom stereocenters. The molecule has 1 unspecified atom stereocenters. The number of nitrogens with two attached hydrogens (primary N) is 1. The summed E-state index contributed by atoms with van der Waals surface area (Å²) >= 11 is 0. The number of nitrogens with one attached hydrogen (secondary N) is 1. The number of likely N-dealkylation sites (tertiary alicyclic amines) is 1. The highest BCUT2D eigenvalue weighted by atomic mass is 19.1. The first-order valence-corrected chi connectivity index (χ1v) is 6.31. The Bertz CT molecular complexity index is 624. The molecule has 100 valence electrons. The molecule has 0 saturated carbocycles. The minimum Gasteiger partial charge on any atom is -0.344 e. The maximum atomic E-state index is 13.5. The second-order valence-electron chi connectivity index (χ2n) is 4.89. The van der Waals surface area contributed by atoms with Gasteiger partial charge in [-0.05, 0) is 31.0 Å². The summed E-state index contributed by atoms with van der Waals surface area (Å²) in [7, 11) is 0. The number of nitrogens with zero attached hydrogens (tertiary/aromatic N) is 2. The molecule has 6 heteroatoms. The van der Waals surface area contributed by atoms with Crippen molar-refractivity contribution in [2.24, 2.45) is 11.7 Å². The van der Waals surface area contributed by atoms with Gasteiger partial charge >= 0.3 is 0 Å². The van der Waals surface area contributed by atoms with Gasteiger partial charge in [-0.2, -0.15) is 0 Å². The molecule has 3 rings (SSSR count). The molecule has 2 aromatic rings. The Labute approximate surface area is 109 Å². The maximum Gasteiger partial charge on any atom is 0.256 e. The largest absolute Gasteiger partial charge is 0.344 e. The van der Waals surface area contributed by atoms with Crippen LogP contribution >= 0.6 is 0 Å². The van der Waals surface area contributed by atoms with Crippen LogP contribution in [-0.4, -0.2) is 40.4 Å². The molecule has 1 aromatic carbocycles. The van der Waals surface area contributed by atoms with Gasteiger partial charge in [0.15, 0.2) is 0 Å². The van der Waals surface area contributed by atoms with Crippen molar-refractivity contribution < 1.29 is 9.18 Å². The molecule has 1 saturated heterocycles. The lowest BCUT2D eigenvalue weighted by Gasteiger charge is -2.16. The fourth-order valence-corrected chi connectivity index (χ4v) is 2.56. The lowest BCUT2D eigenvalue weighted by atomic mass is 10.1. The molecule has 1 aromatic heterocycles. The third-order valence-corrected chi connectivity index (χ3v) is 3.63. The molecule has 1 aliphatic heterocycles. The van der Waals surface area contributed by atoms with Gasteiger partial charge in [0.05, 0.1) is 17.4 Å². The molecule has 0 aliphatic carbocycles. The van der Waals surface area contributed by atoms with E-state index in [1.165, 1.54) is 18.5 Å². The van der Waals surface area contributed by atoms with Crippen molar-refractivity contribution in [3.05, 3.63) is 29.8 Å². The molecule has 0 spiro atoms. The quantitative estimate of drug-likeness (QED) is 0.851. The van der Waals surface area contributed by atoms with Gasteiger partial charge in [-0.3, -0.25) is 4.79 Å². The van der Waals surface area contributed by atoms with Gasteiger partial charge in [-0.1, -0.05) is 0 Å². The number of carbonyl (C=O) groups is 1. The van der Waals surface area contributed by atoms with Crippen LogP contribution in [0, 0.1) is 11.7 Å². The summed E-state index contributed by atoms with van der Waals surface area (Å²) in [5.74, 6) is -0.269. The monoisotopic (exact) mass is 262 g/mol. The fraction of sp³-hybridized carbons (Fsp3) is 0.385. The van der Waals surface area contributed by atoms with Crippen molar-refractivity contribution in [1.82, 2.24) is 14.9 Å². The first kappa shape index (κ1) is 12.1. The Kier molecular flexibility index (Phi) is 2.94. The van der Waals surface area contributed by atoms with Crippen LogP contribution in [0.2, 0.25) is 0 Å². The second kappa shape index (κ2) is 4.62. The van der Waals surface area contributed by atoms with E-state index in [-0.39, 0.29) is 5.91 Å². The molecule has 5 nitrogen and oxygen atoms in total. The number of aromatic amines is 1. The van der Waals surface area contributed by atoms with E-state index in [1.54, 1.807) is 4.90 Å². The van der Waals surface area contributed by atoms with Gasteiger partial charge in [0.2, 0.25) is 0 Å². The normalized spacial score (nSPS) is 19.3. The van der Waals surface area contributed by atoms with Gasteiger partial charge in [0.25, 0.3) is 5.91 Å². The van der Waals surface area contributed by atoms with Crippen LogP contribution in [-0.2, 0) is 0 Å². The summed E-state index contributed by atoms with van der Waals surface area (Å²) in [6.07, 6.45) is 2.37. The highest BCUT2D eigenvalue weighted by molar-refractivity contribution is 6.04. The number of carbonyl (C=O) groups excluding carboxylic acids is 1. The van der Waals surface area contributed by atoms with Crippen LogP contribution < -0.4 is 5.73 Å². The summed E-state index contributed by atoms with van der Waals surface area (Å²) < 4.78 is 13.5. The summed E-state index contributed by atoms with van der Waals surface area (Å²) in [5.41, 5.74) is 6.99. The first-order valence-electron chi connectivity index (χ1n) is 6.31. The average molecular weight is 262 g/mol. The van der Waals surface area contributed by atoms with Crippen LogP contribution in [0.5, 0.6) is 0 Å². The molecule has 1 aliphatic rings. The van der Waals surface area contributed by atoms with Crippen molar-refractivity contribution in [1.29, 1.82) is 0 Å². The smallest absolute Gasteiger partial charge is 0.256 e. The number of hydrogen-bond acceptors (Lipinski definition) is 3. The van der Waals surface area contributed by atoms with Gasteiger partial charge in [-0.15, -0.1) is 0 Å². The highest BCUT2D eigenvalue weighted by Crippen LogP contribution is 2.22. The fourth-order valence-electron chi connectivity index (χ4n) is 2.56. The minimum absolute atomic E-state index is 0.174. The van der Waals surface area contributed by atoms with Crippen molar-refractivity contribution in [2.45, 2.75) is 6.42 Å². The summed E-state index contributed by atoms with van der Waals surface area (Å²) in [6, 6.07) is 2.59. The number of fused-ring (bicyclic) bond motifs is 1. The van der Waals surface area contributed by atoms with Crippen LogP contribution in [0.3, 0.4) is 0 Å². The van der Waals surface area contributed by atoms with E-state index < -0.39 is 5.82 Å². The van der Waals surface area contributed by atoms with E-state index in [1.807, 2.05) is 0 Å². The van der Waals surface area contributed by atoms with Crippen molar-refractivity contribution >= 4 is 16.9 Å². The number of aromatic nitrogens is 2. The Balaban J connectivity index is 1.95. The molecular weight excluding hydrogens is 247 g/mol. The third-order valence-electron chi connectivity index (χ3n) is 3.63. The van der Waals surface area contributed by atoms with Crippen molar-refractivity contribution in [3.8, 4) is 0 Å². The molecule has 19 heavy (non-hydrogen) atoms. The SMILES string of the molecule is NCC1CCN(C(=O)c2cc(F)cc3[nH]cnc23)C1. The zero-order valence-electron chi connectivity index (χ0n) is 10.4. The number of benzene rings is 1. The summed E-state index contributed by atoms with van der Waals surface area (Å²) in [4.78, 5) is 21.1. The zero-order chi connectivity index (χ0) is 13.4. The second-order valence-corrected chi connectivity index (χ2v) is 4.89. The standard InChI is InChI=1S/C13H15FN4O/c14-9-3-10(12-11(4-9)16-7-17-12)13(19)18-2-1-8(5-15)6-18/h3-4,7-8H,1-2,5-6,15H2,(H,16,17). The summed E-state index contributed by atoms with van der Waals surface area (Å²) in [6.45, 7) is 1.88. The lowest BCUT2D eigenvalue weighted by molar-refractivity contribution is 0.0789. The molecule has 2 heterocycles. The van der Waals surface area contributed by atoms with E-state index in [0.29, 0.717) is 42.1 Å². The lowest BCUT2D eigenvalue weighted by Crippen LogP contribution is -2.30. The highest BCUT2D eigenvalue weighted by Gasteiger charge is 2.27. The zero-order valence-corrected chi connectivity index (χ0v) is 10.4. The van der Waals surface area contributed by atoms with Crippen molar-refractivity contribution in [3.63, 3.8) is 0 Å². The van der Waals surface area contributed by atoms with Crippen LogP contribution in [0.4, 0.5) is 4.39 Å². The Morgan fingerprint density at radius 3 is 3.16 bits per heavy atom. The number of halogens is 1. The van der Waals surface area contributed by atoms with E-state index in [4.69, 9.17) is 5.73 Å². The molecule has 3 N–H and O–H groups in total. The van der Waals surface area contributed by atoms with Gasteiger partial charge in [0.1, 0.15) is 11.3 Å². The molecule has 1 fully saturated rings. The predicted octanol–water partition coefficient (Wildman–Crippen LogP) is 1.12. The average Bonchev–Trinajstić information content (AvgIpc) is 3.04. The Morgan fingerprint density at radius 1 is 1.58 bits per heavy atom.